The van der Waals surface area contributed by atoms with Crippen LogP contribution >= 0.6 is 0 Å². The van der Waals surface area contributed by atoms with Crippen molar-refractivity contribution in [2.24, 2.45) is 0 Å². The molecule has 0 saturated carbocycles. The Labute approximate surface area is 174 Å². The molecule has 0 unspecified atom stereocenters. The summed E-state index contributed by atoms with van der Waals surface area (Å²) in [6.45, 7) is 7.34. The van der Waals surface area contributed by atoms with Crippen LogP contribution in [0.4, 0.5) is 11.6 Å². The number of rotatable bonds is 7. The number of benzene rings is 1. The number of carbonyl (C=O) groups is 2. The number of aryl methyl sites for hydroxylation is 4. The van der Waals surface area contributed by atoms with Crippen molar-refractivity contribution in [1.29, 1.82) is 0 Å². The molecule has 158 valence electrons. The fraction of sp³-hybridized carbons (Fsp3) is 0.381. The lowest BCUT2D eigenvalue weighted by Gasteiger charge is -2.13. The lowest BCUT2D eigenvalue weighted by atomic mass is 10.1. The van der Waals surface area contributed by atoms with Crippen molar-refractivity contribution in [1.82, 2.24) is 19.6 Å². The van der Waals surface area contributed by atoms with E-state index in [2.05, 4.69) is 20.4 Å². The van der Waals surface area contributed by atoms with E-state index in [-0.39, 0.29) is 24.9 Å². The molecule has 0 saturated heterocycles. The largest absolute Gasteiger partial charge is 0.456 e. The topological polar surface area (TPSA) is 124 Å². The lowest BCUT2D eigenvalue weighted by molar-refractivity contribution is -0.147. The van der Waals surface area contributed by atoms with Crippen molar-refractivity contribution in [3.05, 3.63) is 46.3 Å². The number of nitrogen functional groups attached to an aromatic ring is 1. The Kier molecular flexibility index (Phi) is 6.29. The molecule has 3 rings (SSSR count). The van der Waals surface area contributed by atoms with Gasteiger partial charge in [0.05, 0.1) is 0 Å². The second-order valence-corrected chi connectivity index (χ2v) is 7.11. The Balaban J connectivity index is 1.57. The Morgan fingerprint density at radius 3 is 2.70 bits per heavy atom. The van der Waals surface area contributed by atoms with Gasteiger partial charge in [0.15, 0.2) is 6.61 Å². The van der Waals surface area contributed by atoms with Crippen LogP contribution in [0.5, 0.6) is 0 Å². The summed E-state index contributed by atoms with van der Waals surface area (Å²) >= 11 is 0. The molecule has 0 fully saturated rings. The van der Waals surface area contributed by atoms with Crippen molar-refractivity contribution >= 4 is 29.3 Å². The smallest absolute Gasteiger partial charge is 0.306 e. The fourth-order valence-corrected chi connectivity index (χ4v) is 3.41. The number of hydrogen-bond donors (Lipinski definition) is 2. The van der Waals surface area contributed by atoms with Gasteiger partial charge in [0.25, 0.3) is 11.7 Å². The lowest BCUT2D eigenvalue weighted by Crippen LogP contribution is -2.22. The Bertz CT molecular complexity index is 1110. The van der Waals surface area contributed by atoms with Gasteiger partial charge in [-0.25, -0.2) is 4.98 Å². The third kappa shape index (κ3) is 4.56. The van der Waals surface area contributed by atoms with Gasteiger partial charge in [-0.05, 0) is 50.3 Å². The minimum absolute atomic E-state index is 0.122. The number of aromatic nitrogens is 4. The molecular formula is C21H26N6O3. The molecule has 9 nitrogen and oxygen atoms in total. The molecule has 0 bridgehead atoms. The molecule has 1 aromatic carbocycles. The summed E-state index contributed by atoms with van der Waals surface area (Å²) in [4.78, 5) is 32.8. The number of nitrogens with zero attached hydrogens (tertiary/aromatic N) is 4. The van der Waals surface area contributed by atoms with Crippen LogP contribution in [0.3, 0.4) is 0 Å². The van der Waals surface area contributed by atoms with Crippen LogP contribution in [-0.4, -0.2) is 38.1 Å². The number of esters is 1. The molecule has 0 spiro atoms. The number of anilines is 2. The van der Waals surface area contributed by atoms with Crippen molar-refractivity contribution in [3.63, 3.8) is 0 Å². The molecule has 0 aliphatic rings. The summed E-state index contributed by atoms with van der Waals surface area (Å²) in [6.07, 6.45) is 1.33. The van der Waals surface area contributed by atoms with E-state index >= 15 is 0 Å². The zero-order valence-electron chi connectivity index (χ0n) is 17.7. The number of nitrogens with one attached hydrogen (secondary N) is 1. The van der Waals surface area contributed by atoms with Crippen LogP contribution in [-0.2, 0) is 27.2 Å². The van der Waals surface area contributed by atoms with E-state index in [0.29, 0.717) is 12.2 Å². The molecule has 2 heterocycles. The number of hydrogen-bond acceptors (Lipinski definition) is 7. The standard InChI is InChI=1S/C21H26N6O3/c1-5-15-8-6-7-12(2)19(15)24-17(28)11-30-18(29)10-9-16-13(3)23-21-25-20(22)26-27(21)14(16)4/h6-8H,5,9-11H2,1-4H3,(H2,22,26)(H,24,28). The number of fused-ring (bicyclic) bond motifs is 1. The second-order valence-electron chi connectivity index (χ2n) is 7.11. The van der Waals surface area contributed by atoms with Crippen molar-refractivity contribution in [3.8, 4) is 0 Å². The Hall–Kier alpha value is -3.49. The maximum absolute atomic E-state index is 12.2. The highest BCUT2D eigenvalue weighted by Crippen LogP contribution is 2.21. The number of nitrogens with two attached hydrogens (primary N) is 1. The molecule has 30 heavy (non-hydrogen) atoms. The number of ether oxygens (including phenoxy) is 1. The molecule has 3 aromatic rings. The summed E-state index contributed by atoms with van der Waals surface area (Å²) in [5, 5.41) is 6.96. The van der Waals surface area contributed by atoms with E-state index in [4.69, 9.17) is 10.5 Å². The molecule has 3 N–H and O–H groups in total. The average molecular weight is 410 g/mol. The molecule has 0 radical (unpaired) electrons. The molecule has 9 heteroatoms. The first-order valence-corrected chi connectivity index (χ1v) is 9.82. The highest BCUT2D eigenvalue weighted by Gasteiger charge is 2.15. The van der Waals surface area contributed by atoms with Gasteiger partial charge in [0.2, 0.25) is 5.95 Å². The minimum Gasteiger partial charge on any atom is -0.456 e. The Morgan fingerprint density at radius 2 is 1.97 bits per heavy atom. The average Bonchev–Trinajstić information content (AvgIpc) is 3.08. The summed E-state index contributed by atoms with van der Waals surface area (Å²) in [7, 11) is 0. The van der Waals surface area contributed by atoms with Gasteiger partial charge in [-0.3, -0.25) is 9.59 Å². The number of para-hydroxylation sites is 1. The highest BCUT2D eigenvalue weighted by atomic mass is 16.5. The zero-order valence-corrected chi connectivity index (χ0v) is 17.7. The third-order valence-corrected chi connectivity index (χ3v) is 5.01. The van der Waals surface area contributed by atoms with Crippen LogP contribution in [0.15, 0.2) is 18.2 Å². The maximum Gasteiger partial charge on any atom is 0.306 e. The van der Waals surface area contributed by atoms with E-state index in [1.54, 1.807) is 4.52 Å². The van der Waals surface area contributed by atoms with Crippen LogP contribution < -0.4 is 11.1 Å². The van der Waals surface area contributed by atoms with Gasteiger partial charge in [-0.1, -0.05) is 25.1 Å². The monoisotopic (exact) mass is 410 g/mol. The summed E-state index contributed by atoms with van der Waals surface area (Å²) in [5.74, 6) is -0.246. The molecule has 0 atom stereocenters. The van der Waals surface area contributed by atoms with Gasteiger partial charge in [-0.2, -0.15) is 9.50 Å². The van der Waals surface area contributed by atoms with E-state index in [1.807, 2.05) is 45.9 Å². The first-order chi connectivity index (χ1) is 14.3. The number of amides is 1. The summed E-state index contributed by atoms with van der Waals surface area (Å²) in [6, 6.07) is 5.85. The molecule has 1 amide bonds. The minimum atomic E-state index is -0.456. The van der Waals surface area contributed by atoms with Crippen LogP contribution in [0, 0.1) is 20.8 Å². The van der Waals surface area contributed by atoms with E-state index in [0.717, 1.165) is 40.2 Å². The fourth-order valence-electron chi connectivity index (χ4n) is 3.41. The van der Waals surface area contributed by atoms with E-state index in [1.165, 1.54) is 0 Å². The van der Waals surface area contributed by atoms with Gasteiger partial charge >= 0.3 is 5.97 Å². The predicted molar refractivity (Wildman–Crippen MR) is 113 cm³/mol. The SMILES string of the molecule is CCc1cccc(C)c1NC(=O)COC(=O)CCc1c(C)nc2nc(N)nn2c1C. The Morgan fingerprint density at radius 1 is 1.20 bits per heavy atom. The van der Waals surface area contributed by atoms with Gasteiger partial charge in [-0.15, -0.1) is 5.10 Å². The molecular weight excluding hydrogens is 384 g/mol. The van der Waals surface area contributed by atoms with Crippen molar-refractivity contribution in [2.75, 3.05) is 17.7 Å². The normalized spacial score (nSPS) is 10.9. The zero-order chi connectivity index (χ0) is 21.8. The summed E-state index contributed by atoms with van der Waals surface area (Å²) in [5.41, 5.74) is 10.9. The van der Waals surface area contributed by atoms with Crippen molar-refractivity contribution in [2.45, 2.75) is 47.0 Å². The van der Waals surface area contributed by atoms with Gasteiger partial charge < -0.3 is 15.8 Å². The van der Waals surface area contributed by atoms with Crippen LogP contribution in [0.2, 0.25) is 0 Å². The maximum atomic E-state index is 12.2. The predicted octanol–water partition coefficient (Wildman–Crippen LogP) is 2.31. The molecule has 0 aliphatic heterocycles. The number of carbonyl (C=O) groups excluding carboxylic acids is 2. The van der Waals surface area contributed by atoms with Crippen LogP contribution in [0.1, 0.15) is 41.4 Å². The summed E-state index contributed by atoms with van der Waals surface area (Å²) < 4.78 is 6.72. The second kappa shape index (κ2) is 8.89. The van der Waals surface area contributed by atoms with E-state index in [9.17, 15) is 9.59 Å². The van der Waals surface area contributed by atoms with Gasteiger partial charge in [0, 0.05) is 23.5 Å². The quantitative estimate of drug-likeness (QED) is 0.573. The molecule has 2 aromatic heterocycles. The molecule has 0 aliphatic carbocycles. The van der Waals surface area contributed by atoms with Gasteiger partial charge in [0.1, 0.15) is 0 Å². The first kappa shape index (κ1) is 21.2. The third-order valence-electron chi connectivity index (χ3n) is 5.01. The van der Waals surface area contributed by atoms with E-state index < -0.39 is 5.97 Å². The first-order valence-electron chi connectivity index (χ1n) is 9.82. The van der Waals surface area contributed by atoms with Crippen molar-refractivity contribution < 1.29 is 14.3 Å². The highest BCUT2D eigenvalue weighted by molar-refractivity contribution is 5.94. The van der Waals surface area contributed by atoms with Crippen LogP contribution in [0.25, 0.3) is 5.78 Å².